The molecule has 0 unspecified atom stereocenters. The van der Waals surface area contributed by atoms with E-state index >= 15 is 0 Å². The molecule has 0 saturated carbocycles. The van der Waals surface area contributed by atoms with Gasteiger partial charge in [0.05, 0.1) is 0 Å². The van der Waals surface area contributed by atoms with Gasteiger partial charge < -0.3 is 0 Å². The molecule has 0 bridgehead atoms. The molecule has 0 saturated heterocycles. The molecule has 1 aromatic carbocycles. The van der Waals surface area contributed by atoms with E-state index in [1.54, 1.807) is 0 Å². The third kappa shape index (κ3) is 77.9. The van der Waals surface area contributed by atoms with Crippen LogP contribution in [0.2, 0.25) is 0 Å². The van der Waals surface area contributed by atoms with Crippen LogP contribution >= 0.6 is 0 Å². The lowest BCUT2D eigenvalue weighted by Crippen LogP contribution is -1.86. The number of unbranched alkanes of at least 4 members (excludes halogenated alkanes) is 81. The highest BCUT2D eigenvalue weighted by molar-refractivity contribution is 5.14. The second-order valence-electron chi connectivity index (χ2n) is 30.9. The minimum absolute atomic E-state index is 1.26. The van der Waals surface area contributed by atoms with Gasteiger partial charge in [-0.05, 0) is 18.4 Å². The SMILES string of the molecule is CCCCCCCCCCCCCCCCCCCCCCCCCCCCCCCCCCCCCCCCCCCCCCCCCCCCCCCCCCCCCCCCCCCCCCCCCCCCCCCCCCCCc1ccccc1. The molecule has 0 aliphatic heterocycles. The zero-order chi connectivity index (χ0) is 63.8. The van der Waals surface area contributed by atoms with Crippen molar-refractivity contribution in [2.75, 3.05) is 0 Å². The predicted octanol–water partition coefficient (Wildman–Crippen LogP) is 34.2. The fourth-order valence-corrected chi connectivity index (χ4v) is 15.2. The maximum absolute atomic E-state index is 2.32. The summed E-state index contributed by atoms with van der Waals surface area (Å²) in [5, 5.41) is 0. The van der Waals surface area contributed by atoms with Gasteiger partial charge in [-0.1, -0.05) is 557 Å². The Morgan fingerprint density at radius 3 is 0.333 bits per heavy atom. The van der Waals surface area contributed by atoms with Crippen LogP contribution in [0.1, 0.15) is 539 Å². The van der Waals surface area contributed by atoms with Crippen molar-refractivity contribution in [3.05, 3.63) is 35.9 Å². The van der Waals surface area contributed by atoms with E-state index in [0.717, 1.165) is 0 Å². The van der Waals surface area contributed by atoms with Gasteiger partial charge in [0.25, 0.3) is 0 Å². The van der Waals surface area contributed by atoms with E-state index in [-0.39, 0.29) is 0 Å². The van der Waals surface area contributed by atoms with Crippen molar-refractivity contribution in [3.63, 3.8) is 0 Å². The molecule has 0 radical (unpaired) electrons. The van der Waals surface area contributed by atoms with Gasteiger partial charge in [-0.15, -0.1) is 0 Å². The zero-order valence-corrected chi connectivity index (χ0v) is 63.1. The molecular formula is C90H174. The predicted molar refractivity (Wildman–Crippen MR) is 414 cm³/mol. The standard InChI is InChI=1S/C90H174/c1-2-3-4-5-6-7-8-9-10-11-12-13-14-15-16-17-18-19-20-21-22-23-24-25-26-27-28-29-30-31-32-33-34-35-36-37-38-39-40-41-42-43-44-45-46-47-48-49-50-51-52-53-54-55-56-57-58-59-60-61-62-63-64-65-66-67-68-69-70-71-72-73-74-75-76-77-78-79-80-81-82-84-87-90-88-85-83-86-89-90/h83,85-86,88-89H,2-82,84,87H2,1H3. The summed E-state index contributed by atoms with van der Waals surface area (Å²) >= 11 is 0. The summed E-state index contributed by atoms with van der Waals surface area (Å²) in [6, 6.07) is 11.0. The Kier molecular flexibility index (Phi) is 79.9. The summed E-state index contributed by atoms with van der Waals surface area (Å²) in [5.41, 5.74) is 1.51. The average Bonchev–Trinajstić information content (AvgIpc) is 3.59. The van der Waals surface area contributed by atoms with Crippen LogP contribution in [0.15, 0.2) is 30.3 Å². The fraction of sp³-hybridized carbons (Fsp3) is 0.933. The lowest BCUT2D eigenvalue weighted by atomic mass is 10.0. The molecule has 90 heavy (non-hydrogen) atoms. The maximum Gasteiger partial charge on any atom is -0.0279 e. The molecule has 0 aliphatic carbocycles. The molecule has 1 rings (SSSR count). The Bertz CT molecular complexity index is 1330. The number of benzene rings is 1. The van der Waals surface area contributed by atoms with Crippen LogP contribution in [-0.2, 0) is 6.42 Å². The summed E-state index contributed by atoms with van der Waals surface area (Å²) in [5.74, 6) is 0. The fourth-order valence-electron chi connectivity index (χ4n) is 15.2. The van der Waals surface area contributed by atoms with E-state index in [9.17, 15) is 0 Å². The molecule has 0 heterocycles. The van der Waals surface area contributed by atoms with Gasteiger partial charge >= 0.3 is 0 Å². The molecule has 0 fully saturated rings. The normalized spacial score (nSPS) is 11.7. The van der Waals surface area contributed by atoms with E-state index in [0.29, 0.717) is 0 Å². The topological polar surface area (TPSA) is 0 Å². The lowest BCUT2D eigenvalue weighted by molar-refractivity contribution is 0.505. The Balaban J connectivity index is 1.58. The molecule has 1 aromatic rings. The monoisotopic (exact) mass is 1260 g/mol. The quantitative estimate of drug-likeness (QED) is 0.0570. The van der Waals surface area contributed by atoms with Crippen molar-refractivity contribution in [1.82, 2.24) is 0 Å². The van der Waals surface area contributed by atoms with E-state index < -0.39 is 0 Å². The van der Waals surface area contributed by atoms with Gasteiger partial charge in [-0.3, -0.25) is 0 Å². The van der Waals surface area contributed by atoms with Crippen LogP contribution in [0, 0.1) is 0 Å². The van der Waals surface area contributed by atoms with Crippen molar-refractivity contribution in [3.8, 4) is 0 Å². The average molecular weight is 1260 g/mol. The molecule has 0 heteroatoms. The first kappa shape index (κ1) is 87.2. The van der Waals surface area contributed by atoms with E-state index in [4.69, 9.17) is 0 Å². The zero-order valence-electron chi connectivity index (χ0n) is 63.1. The van der Waals surface area contributed by atoms with E-state index in [1.165, 1.54) is 538 Å². The van der Waals surface area contributed by atoms with Gasteiger partial charge in [0.15, 0.2) is 0 Å². The third-order valence-electron chi connectivity index (χ3n) is 21.7. The van der Waals surface area contributed by atoms with Crippen molar-refractivity contribution >= 4 is 0 Å². The number of aryl methyl sites for hydroxylation is 1. The molecule has 0 aromatic heterocycles. The maximum atomic E-state index is 2.32. The Morgan fingerprint density at radius 1 is 0.122 bits per heavy atom. The summed E-state index contributed by atoms with van der Waals surface area (Å²) in [4.78, 5) is 0. The highest BCUT2D eigenvalue weighted by atomic mass is 14.1. The molecule has 0 amide bonds. The van der Waals surface area contributed by atoms with Crippen LogP contribution in [0.4, 0.5) is 0 Å². The van der Waals surface area contributed by atoms with Gasteiger partial charge in [0.1, 0.15) is 0 Å². The molecule has 534 valence electrons. The van der Waals surface area contributed by atoms with Gasteiger partial charge in [0, 0.05) is 0 Å². The van der Waals surface area contributed by atoms with E-state index in [1.807, 2.05) is 0 Å². The summed E-state index contributed by atoms with van der Waals surface area (Å²) in [6.45, 7) is 2.32. The minimum atomic E-state index is 1.26. The van der Waals surface area contributed by atoms with Crippen LogP contribution in [0.5, 0.6) is 0 Å². The second kappa shape index (κ2) is 82.5. The highest BCUT2D eigenvalue weighted by Crippen LogP contribution is 2.22. The first-order valence-corrected chi connectivity index (χ1v) is 44.0. The molecule has 0 atom stereocenters. The largest absolute Gasteiger partial charge is 0.0654 e. The molecule has 0 spiro atoms. The third-order valence-corrected chi connectivity index (χ3v) is 21.7. The van der Waals surface area contributed by atoms with Gasteiger partial charge in [0.2, 0.25) is 0 Å². The van der Waals surface area contributed by atoms with Gasteiger partial charge in [-0.25, -0.2) is 0 Å². The molecule has 0 N–H and O–H groups in total. The van der Waals surface area contributed by atoms with Crippen LogP contribution < -0.4 is 0 Å². The summed E-state index contributed by atoms with van der Waals surface area (Å²) in [7, 11) is 0. The minimum Gasteiger partial charge on any atom is -0.0654 e. The smallest absolute Gasteiger partial charge is 0.0279 e. The highest BCUT2D eigenvalue weighted by Gasteiger charge is 2.03. The Labute approximate surface area is 572 Å². The van der Waals surface area contributed by atoms with Crippen LogP contribution in [-0.4, -0.2) is 0 Å². The summed E-state index contributed by atoms with van der Waals surface area (Å²) < 4.78 is 0. The first-order chi connectivity index (χ1) is 44.9. The van der Waals surface area contributed by atoms with Crippen molar-refractivity contribution in [1.29, 1.82) is 0 Å². The Hall–Kier alpha value is -0.780. The Morgan fingerprint density at radius 2 is 0.222 bits per heavy atom. The molecule has 0 aliphatic rings. The summed E-state index contributed by atoms with van der Waals surface area (Å²) in [6.07, 6.45) is 123. The van der Waals surface area contributed by atoms with Crippen LogP contribution in [0.3, 0.4) is 0 Å². The first-order valence-electron chi connectivity index (χ1n) is 44.0. The van der Waals surface area contributed by atoms with Gasteiger partial charge in [-0.2, -0.15) is 0 Å². The number of rotatable bonds is 83. The van der Waals surface area contributed by atoms with Crippen LogP contribution in [0.25, 0.3) is 0 Å². The van der Waals surface area contributed by atoms with Crippen molar-refractivity contribution in [2.24, 2.45) is 0 Å². The van der Waals surface area contributed by atoms with E-state index in [2.05, 4.69) is 37.3 Å². The lowest BCUT2D eigenvalue weighted by Gasteiger charge is -2.05. The second-order valence-corrected chi connectivity index (χ2v) is 30.9. The molecule has 0 nitrogen and oxygen atoms in total. The van der Waals surface area contributed by atoms with Crippen molar-refractivity contribution in [2.45, 2.75) is 540 Å². The number of hydrogen-bond acceptors (Lipinski definition) is 0. The molecular weight excluding hydrogens is 1080 g/mol. The van der Waals surface area contributed by atoms with Crippen molar-refractivity contribution < 1.29 is 0 Å². The number of hydrogen-bond donors (Lipinski definition) is 0.